The van der Waals surface area contributed by atoms with Crippen LogP contribution >= 0.6 is 0 Å². The molecule has 3 aromatic carbocycles. The Balaban J connectivity index is 1.84. The zero-order valence-electron chi connectivity index (χ0n) is 19.7. The Labute approximate surface area is 197 Å². The highest BCUT2D eigenvalue weighted by molar-refractivity contribution is 5.88. The molecule has 1 atom stereocenters. The number of benzene rings is 3. The first-order chi connectivity index (χ1) is 16.1. The van der Waals surface area contributed by atoms with Crippen molar-refractivity contribution in [2.75, 3.05) is 6.54 Å². The Kier molecular flexibility index (Phi) is 9.25. The van der Waals surface area contributed by atoms with Gasteiger partial charge in [0.2, 0.25) is 11.8 Å². The minimum atomic E-state index is -0.567. The van der Waals surface area contributed by atoms with E-state index in [2.05, 4.69) is 36.5 Å². The summed E-state index contributed by atoms with van der Waals surface area (Å²) in [6.45, 7) is 4.97. The van der Waals surface area contributed by atoms with Gasteiger partial charge in [-0.3, -0.25) is 9.59 Å². The summed E-state index contributed by atoms with van der Waals surface area (Å²) in [4.78, 5) is 28.4. The van der Waals surface area contributed by atoms with Gasteiger partial charge >= 0.3 is 0 Å². The molecule has 0 heterocycles. The SMILES string of the molecule is CCNC(=O)C(Cc1ccccc1)N(Cc1ccccc1)C(=O)CCc1ccc(CC)cc1. The first kappa shape index (κ1) is 24.2. The van der Waals surface area contributed by atoms with Crippen molar-refractivity contribution in [1.29, 1.82) is 0 Å². The lowest BCUT2D eigenvalue weighted by atomic mass is 10.0. The quantitative estimate of drug-likeness (QED) is 0.456. The summed E-state index contributed by atoms with van der Waals surface area (Å²) in [5.41, 5.74) is 4.48. The average molecular weight is 443 g/mol. The van der Waals surface area contributed by atoms with E-state index in [1.54, 1.807) is 4.90 Å². The minimum Gasteiger partial charge on any atom is -0.355 e. The average Bonchev–Trinajstić information content (AvgIpc) is 2.86. The lowest BCUT2D eigenvalue weighted by Crippen LogP contribution is -2.50. The van der Waals surface area contributed by atoms with Crippen LogP contribution in [0.4, 0.5) is 0 Å². The van der Waals surface area contributed by atoms with Crippen LogP contribution in [-0.4, -0.2) is 29.3 Å². The van der Waals surface area contributed by atoms with Crippen molar-refractivity contribution in [3.63, 3.8) is 0 Å². The molecule has 2 amide bonds. The summed E-state index contributed by atoms with van der Waals surface area (Å²) in [7, 11) is 0. The number of amides is 2. The van der Waals surface area contributed by atoms with Gasteiger partial charge in [0.1, 0.15) is 6.04 Å². The van der Waals surface area contributed by atoms with Crippen LogP contribution in [0.3, 0.4) is 0 Å². The van der Waals surface area contributed by atoms with E-state index in [1.807, 2.05) is 67.6 Å². The molecule has 4 heteroatoms. The normalized spacial score (nSPS) is 11.6. The maximum absolute atomic E-state index is 13.5. The number of carbonyl (C=O) groups excluding carboxylic acids is 2. The predicted molar refractivity (Wildman–Crippen MR) is 134 cm³/mol. The maximum atomic E-state index is 13.5. The third kappa shape index (κ3) is 7.31. The first-order valence-corrected chi connectivity index (χ1v) is 11.8. The standard InChI is InChI=1S/C29H34N2O2/c1-3-23-15-17-24(18-16-23)19-20-28(32)31(22-26-13-9-6-10-14-26)27(29(33)30-4-2)21-25-11-7-5-8-12-25/h5-18,27H,3-4,19-22H2,1-2H3,(H,30,33). The summed E-state index contributed by atoms with van der Waals surface area (Å²) in [6.07, 6.45) is 2.50. The van der Waals surface area contributed by atoms with Crippen molar-refractivity contribution in [1.82, 2.24) is 10.2 Å². The van der Waals surface area contributed by atoms with E-state index in [-0.39, 0.29) is 11.8 Å². The van der Waals surface area contributed by atoms with Crippen LogP contribution in [0.1, 0.15) is 42.5 Å². The Morgan fingerprint density at radius 2 is 1.33 bits per heavy atom. The van der Waals surface area contributed by atoms with Gasteiger partial charge in [-0.25, -0.2) is 0 Å². The molecule has 0 aliphatic carbocycles. The number of hydrogen-bond acceptors (Lipinski definition) is 2. The van der Waals surface area contributed by atoms with Gasteiger partial charge in [-0.1, -0.05) is 91.9 Å². The molecule has 0 aliphatic rings. The van der Waals surface area contributed by atoms with Crippen LogP contribution in [-0.2, 0) is 35.4 Å². The molecule has 3 aromatic rings. The van der Waals surface area contributed by atoms with Crippen molar-refractivity contribution < 1.29 is 9.59 Å². The molecule has 0 saturated carbocycles. The van der Waals surface area contributed by atoms with Crippen LogP contribution in [0, 0.1) is 0 Å². The van der Waals surface area contributed by atoms with E-state index >= 15 is 0 Å². The zero-order chi connectivity index (χ0) is 23.5. The molecule has 1 N–H and O–H groups in total. The molecule has 172 valence electrons. The molecule has 0 fully saturated rings. The lowest BCUT2D eigenvalue weighted by molar-refractivity contribution is -0.141. The molecule has 4 nitrogen and oxygen atoms in total. The second-order valence-electron chi connectivity index (χ2n) is 8.28. The van der Waals surface area contributed by atoms with Gasteiger partial charge in [0.25, 0.3) is 0 Å². The van der Waals surface area contributed by atoms with Crippen molar-refractivity contribution >= 4 is 11.8 Å². The third-order valence-corrected chi connectivity index (χ3v) is 5.88. The fourth-order valence-electron chi connectivity index (χ4n) is 3.96. The molecule has 0 radical (unpaired) electrons. The molecule has 0 spiro atoms. The number of rotatable bonds is 11. The van der Waals surface area contributed by atoms with Crippen molar-refractivity contribution in [3.8, 4) is 0 Å². The van der Waals surface area contributed by atoms with Gasteiger partial charge in [0.05, 0.1) is 0 Å². The number of nitrogens with zero attached hydrogens (tertiary/aromatic N) is 1. The Hall–Kier alpha value is -3.40. The molecule has 33 heavy (non-hydrogen) atoms. The number of aryl methyl sites for hydroxylation is 2. The fourth-order valence-corrected chi connectivity index (χ4v) is 3.96. The fraction of sp³-hybridized carbons (Fsp3) is 0.310. The summed E-state index contributed by atoms with van der Waals surface area (Å²) in [5.74, 6) is -0.122. The lowest BCUT2D eigenvalue weighted by Gasteiger charge is -2.31. The largest absolute Gasteiger partial charge is 0.355 e. The molecule has 0 bridgehead atoms. The van der Waals surface area contributed by atoms with Crippen molar-refractivity contribution in [2.24, 2.45) is 0 Å². The number of likely N-dealkylation sites (N-methyl/N-ethyl adjacent to an activating group) is 1. The van der Waals surface area contributed by atoms with E-state index < -0.39 is 6.04 Å². The van der Waals surface area contributed by atoms with E-state index in [0.29, 0.717) is 32.4 Å². The van der Waals surface area contributed by atoms with Crippen molar-refractivity contribution in [3.05, 3.63) is 107 Å². The Morgan fingerprint density at radius 3 is 1.91 bits per heavy atom. The molecule has 0 aromatic heterocycles. The van der Waals surface area contributed by atoms with Crippen LogP contribution in [0.2, 0.25) is 0 Å². The van der Waals surface area contributed by atoms with E-state index in [1.165, 1.54) is 5.56 Å². The van der Waals surface area contributed by atoms with Crippen molar-refractivity contribution in [2.45, 2.75) is 52.1 Å². The minimum absolute atomic E-state index is 0.00870. The third-order valence-electron chi connectivity index (χ3n) is 5.88. The molecule has 0 saturated heterocycles. The Bertz CT molecular complexity index is 1000. The number of carbonyl (C=O) groups is 2. The van der Waals surface area contributed by atoms with Gasteiger partial charge < -0.3 is 10.2 Å². The van der Waals surface area contributed by atoms with Crippen LogP contribution in [0.25, 0.3) is 0 Å². The maximum Gasteiger partial charge on any atom is 0.243 e. The topological polar surface area (TPSA) is 49.4 Å². The van der Waals surface area contributed by atoms with Gasteiger partial charge in [0.15, 0.2) is 0 Å². The van der Waals surface area contributed by atoms with E-state index in [4.69, 9.17) is 0 Å². The van der Waals surface area contributed by atoms with Crippen LogP contribution in [0.15, 0.2) is 84.9 Å². The van der Waals surface area contributed by atoms with Crippen LogP contribution < -0.4 is 5.32 Å². The summed E-state index contributed by atoms with van der Waals surface area (Å²) in [6, 6.07) is 27.7. The highest BCUT2D eigenvalue weighted by atomic mass is 16.2. The zero-order valence-corrected chi connectivity index (χ0v) is 19.7. The second-order valence-corrected chi connectivity index (χ2v) is 8.28. The highest BCUT2D eigenvalue weighted by Gasteiger charge is 2.29. The monoisotopic (exact) mass is 442 g/mol. The van der Waals surface area contributed by atoms with E-state index in [0.717, 1.165) is 23.1 Å². The summed E-state index contributed by atoms with van der Waals surface area (Å²) < 4.78 is 0. The second kappa shape index (κ2) is 12.6. The van der Waals surface area contributed by atoms with Gasteiger partial charge in [0, 0.05) is 25.9 Å². The number of hydrogen-bond donors (Lipinski definition) is 1. The van der Waals surface area contributed by atoms with Gasteiger partial charge in [-0.05, 0) is 42.0 Å². The first-order valence-electron chi connectivity index (χ1n) is 11.8. The predicted octanol–water partition coefficient (Wildman–Crippen LogP) is 4.96. The molecular formula is C29H34N2O2. The molecule has 0 aliphatic heterocycles. The Morgan fingerprint density at radius 1 is 0.758 bits per heavy atom. The van der Waals surface area contributed by atoms with E-state index in [9.17, 15) is 9.59 Å². The molecule has 1 unspecified atom stereocenters. The van der Waals surface area contributed by atoms with Gasteiger partial charge in [-0.2, -0.15) is 0 Å². The summed E-state index contributed by atoms with van der Waals surface area (Å²) in [5, 5.41) is 2.94. The molecular weight excluding hydrogens is 408 g/mol. The number of nitrogens with one attached hydrogen (secondary N) is 1. The molecule has 3 rings (SSSR count). The van der Waals surface area contributed by atoms with Crippen LogP contribution in [0.5, 0.6) is 0 Å². The highest BCUT2D eigenvalue weighted by Crippen LogP contribution is 2.17. The smallest absolute Gasteiger partial charge is 0.243 e. The van der Waals surface area contributed by atoms with Gasteiger partial charge in [-0.15, -0.1) is 0 Å². The summed E-state index contributed by atoms with van der Waals surface area (Å²) >= 11 is 0.